The number of carbonyl (C=O) groups is 2. The van der Waals surface area contributed by atoms with Crippen molar-refractivity contribution in [2.24, 2.45) is 5.16 Å². The molecule has 1 N–H and O–H groups in total. The van der Waals surface area contributed by atoms with Crippen LogP contribution in [0, 0.1) is 0 Å². The predicted molar refractivity (Wildman–Crippen MR) is 144 cm³/mol. The average molecular weight is 557 g/mol. The summed E-state index contributed by atoms with van der Waals surface area (Å²) in [5.74, 6) is 1.25. The number of hydrogen-bond donors (Lipinski definition) is 1. The van der Waals surface area contributed by atoms with Gasteiger partial charge in [-0.15, -0.1) is 5.60 Å². The zero-order valence-corrected chi connectivity index (χ0v) is 24.9. The molecule has 0 spiro atoms. The van der Waals surface area contributed by atoms with Crippen molar-refractivity contribution >= 4 is 29.4 Å². The van der Waals surface area contributed by atoms with Crippen LogP contribution < -0.4 is 43.8 Å². The molecule has 12 nitrogen and oxygen atoms in total. The second-order valence-corrected chi connectivity index (χ2v) is 11.5. The van der Waals surface area contributed by atoms with Gasteiger partial charge in [0.2, 0.25) is 6.29 Å². The van der Waals surface area contributed by atoms with Crippen LogP contribution in [0.3, 0.4) is 0 Å². The Bertz CT molecular complexity index is 1030. The van der Waals surface area contributed by atoms with E-state index in [1.165, 1.54) is 4.90 Å². The number of anilines is 2. The van der Waals surface area contributed by atoms with E-state index in [9.17, 15) is 14.7 Å². The maximum absolute atomic E-state index is 12.4. The second-order valence-electron chi connectivity index (χ2n) is 11.5. The number of alkyl carbamates (subject to hydrolysis) is 1. The van der Waals surface area contributed by atoms with Crippen LogP contribution in [-0.2, 0) is 19.0 Å². The first kappa shape index (κ1) is 33.6. The van der Waals surface area contributed by atoms with Gasteiger partial charge < -0.3 is 39.1 Å². The van der Waals surface area contributed by atoms with Crippen LogP contribution in [0.5, 0.6) is 5.75 Å². The van der Waals surface area contributed by atoms with E-state index in [0.717, 1.165) is 24.9 Å². The molecule has 0 radical (unpaired) electrons. The van der Waals surface area contributed by atoms with Gasteiger partial charge in [-0.25, -0.2) is 9.59 Å². The third-order valence-electron chi connectivity index (χ3n) is 5.52. The molecule has 3 heterocycles. The maximum atomic E-state index is 12.4. The molecule has 2 amide bonds. The first-order valence-corrected chi connectivity index (χ1v) is 13.2. The van der Waals surface area contributed by atoms with Gasteiger partial charge in [0.1, 0.15) is 24.1 Å². The van der Waals surface area contributed by atoms with Gasteiger partial charge in [0.05, 0.1) is 31.1 Å². The third-order valence-corrected chi connectivity index (χ3v) is 5.52. The molecule has 2 fully saturated rings. The zero-order valence-electron chi connectivity index (χ0n) is 24.9. The zero-order chi connectivity index (χ0) is 28.8. The summed E-state index contributed by atoms with van der Waals surface area (Å²) in [6, 6.07) is 5.46. The second kappa shape index (κ2) is 14.3. The van der Waals surface area contributed by atoms with Crippen LogP contribution in [0.2, 0.25) is 0 Å². The minimum absolute atomic E-state index is 0. The van der Waals surface area contributed by atoms with E-state index in [4.69, 9.17) is 23.8 Å². The number of benzene rings is 1. The number of carbonyl (C=O) groups excluding carboxylic acids is 2. The first-order chi connectivity index (χ1) is 18.2. The van der Waals surface area contributed by atoms with E-state index < -0.39 is 29.5 Å². The number of rotatable bonds is 5. The molecule has 13 heteroatoms. The number of likely N-dealkylation sites (N-methyl/N-ethyl adjacent to an activating group) is 1. The standard InChI is InChI=1S/C23H32N4O7.C4H9O.Li/c1-23(2,3)33-21(28)24-12-16-13-27(22(29)32-16)15-8-9-17-18(11-15)31-14-19(26(17)4)25-34-20-7-5-6-10-30-20;1-4(2,3)5;/h8-9,11,16,20H,5-7,10,12-14H2,1-4H3,(H,24,28);1-3H3;/q;-1;+1/t16-,20?;;/m0../s1. The SMILES string of the molecule is CC(C)(C)[O-].CN1C(=NOC2CCCCO2)COc2cc(N3C[C@H](CNC(=O)OC(C)(C)C)OC3=O)ccc21.[Li+]. The monoisotopic (exact) mass is 556 g/mol. The predicted octanol–water partition coefficient (Wildman–Crippen LogP) is 0.371. The van der Waals surface area contributed by atoms with Gasteiger partial charge >= 0.3 is 31.0 Å². The van der Waals surface area contributed by atoms with Crippen LogP contribution in [0.25, 0.3) is 0 Å². The minimum atomic E-state index is -0.750. The van der Waals surface area contributed by atoms with Crippen molar-refractivity contribution in [3.05, 3.63) is 18.2 Å². The summed E-state index contributed by atoms with van der Waals surface area (Å²) in [5, 5.41) is 17.0. The number of amidine groups is 1. The molecule has 2 saturated heterocycles. The number of fused-ring (bicyclic) bond motifs is 1. The molecule has 1 unspecified atom stereocenters. The van der Waals surface area contributed by atoms with E-state index in [-0.39, 0.29) is 38.3 Å². The number of amides is 2. The van der Waals surface area contributed by atoms with Crippen molar-refractivity contribution in [2.45, 2.75) is 84.4 Å². The fourth-order valence-electron chi connectivity index (χ4n) is 3.79. The van der Waals surface area contributed by atoms with Crippen molar-refractivity contribution in [2.75, 3.05) is 43.2 Å². The summed E-state index contributed by atoms with van der Waals surface area (Å²) >= 11 is 0. The topological polar surface area (TPSA) is 134 Å². The normalized spacial score (nSPS) is 21.7. The van der Waals surface area contributed by atoms with Crippen molar-refractivity contribution in [3.8, 4) is 5.75 Å². The molecule has 40 heavy (non-hydrogen) atoms. The van der Waals surface area contributed by atoms with Gasteiger partial charge in [0.15, 0.2) is 5.84 Å². The van der Waals surface area contributed by atoms with Crippen molar-refractivity contribution in [3.63, 3.8) is 0 Å². The Morgan fingerprint density at radius 3 is 2.52 bits per heavy atom. The van der Waals surface area contributed by atoms with E-state index in [1.807, 2.05) is 24.1 Å². The van der Waals surface area contributed by atoms with Gasteiger partial charge in [0, 0.05) is 19.5 Å². The summed E-state index contributed by atoms with van der Waals surface area (Å²) in [5.41, 5.74) is 0.0980. The Balaban J connectivity index is 0.000000858. The van der Waals surface area contributed by atoms with Crippen LogP contribution in [0.15, 0.2) is 23.4 Å². The molecular formula is C27H41LiN4O8. The number of ether oxygens (including phenoxy) is 4. The maximum Gasteiger partial charge on any atom is 1.00 e. The minimum Gasteiger partial charge on any atom is -0.850 e. The van der Waals surface area contributed by atoms with Gasteiger partial charge in [-0.3, -0.25) is 4.90 Å². The molecule has 4 rings (SSSR count). The molecular weight excluding hydrogens is 515 g/mol. The van der Waals surface area contributed by atoms with Gasteiger partial charge in [0.25, 0.3) is 0 Å². The van der Waals surface area contributed by atoms with E-state index in [0.29, 0.717) is 30.4 Å². The smallest absolute Gasteiger partial charge is 0.850 e. The molecule has 0 saturated carbocycles. The summed E-state index contributed by atoms with van der Waals surface area (Å²) in [6.07, 6.45) is 1.08. The summed E-state index contributed by atoms with van der Waals surface area (Å²) < 4.78 is 22.1. The third kappa shape index (κ3) is 10.7. The molecule has 3 aliphatic rings. The Hall–Kier alpha value is -2.65. The van der Waals surface area contributed by atoms with Gasteiger partial charge in [-0.1, -0.05) is 25.9 Å². The largest absolute Gasteiger partial charge is 1.00 e. The van der Waals surface area contributed by atoms with Crippen molar-refractivity contribution < 1.29 is 57.3 Å². The Morgan fingerprint density at radius 2 is 1.90 bits per heavy atom. The summed E-state index contributed by atoms with van der Waals surface area (Å²) in [4.78, 5) is 33.3. The number of hydrogen-bond acceptors (Lipinski definition) is 9. The van der Waals surface area contributed by atoms with Crippen LogP contribution in [0.1, 0.15) is 60.8 Å². The molecule has 3 aliphatic heterocycles. The number of nitrogens with one attached hydrogen (secondary N) is 1. The Labute approximate surface area is 248 Å². The van der Waals surface area contributed by atoms with Gasteiger partial charge in [-0.05, 0) is 45.7 Å². The fourth-order valence-corrected chi connectivity index (χ4v) is 3.79. The first-order valence-electron chi connectivity index (χ1n) is 13.2. The number of nitrogens with zero attached hydrogens (tertiary/aromatic N) is 3. The molecule has 1 aromatic carbocycles. The van der Waals surface area contributed by atoms with E-state index in [2.05, 4.69) is 10.5 Å². The van der Waals surface area contributed by atoms with Crippen LogP contribution in [-0.4, -0.2) is 75.0 Å². The summed E-state index contributed by atoms with van der Waals surface area (Å²) in [7, 11) is 1.88. The molecule has 0 aliphatic carbocycles. The van der Waals surface area contributed by atoms with Crippen molar-refractivity contribution in [1.29, 1.82) is 0 Å². The van der Waals surface area contributed by atoms with E-state index >= 15 is 0 Å². The molecule has 0 bridgehead atoms. The quantitative estimate of drug-likeness (QED) is 0.403. The van der Waals surface area contributed by atoms with Crippen LogP contribution in [0.4, 0.5) is 21.0 Å². The number of oxime groups is 1. The molecule has 218 valence electrons. The average Bonchev–Trinajstić information content (AvgIpc) is 3.21. The van der Waals surface area contributed by atoms with Crippen molar-refractivity contribution in [1.82, 2.24) is 5.32 Å². The Morgan fingerprint density at radius 1 is 1.20 bits per heavy atom. The molecule has 0 aromatic heterocycles. The van der Waals surface area contributed by atoms with E-state index in [1.54, 1.807) is 47.6 Å². The fraction of sp³-hybridized carbons (Fsp3) is 0.667. The van der Waals surface area contributed by atoms with Gasteiger partial charge in [-0.2, -0.15) is 0 Å². The Kier molecular flexibility index (Phi) is 12.0. The van der Waals surface area contributed by atoms with Crippen LogP contribution >= 0.6 is 0 Å². The molecule has 1 aromatic rings. The molecule has 2 atom stereocenters. The number of cyclic esters (lactones) is 1. The summed E-state index contributed by atoms with van der Waals surface area (Å²) in [6.45, 7) is 11.6.